The van der Waals surface area contributed by atoms with E-state index in [9.17, 15) is 9.90 Å². The summed E-state index contributed by atoms with van der Waals surface area (Å²) in [6.07, 6.45) is 4.53. The Bertz CT molecular complexity index is 754. The minimum absolute atomic E-state index is 0.329. The smallest absolute Gasteiger partial charge is 0.256 e. The molecule has 0 radical (unpaired) electrons. The van der Waals surface area contributed by atoms with E-state index in [-0.39, 0.29) is 5.91 Å². The van der Waals surface area contributed by atoms with Gasteiger partial charge in [0.1, 0.15) is 11.3 Å². The molecule has 3 rings (SSSR count). The van der Waals surface area contributed by atoms with E-state index in [4.69, 9.17) is 0 Å². The zero-order valence-electron chi connectivity index (χ0n) is 12.7. The summed E-state index contributed by atoms with van der Waals surface area (Å²) in [5.41, 5.74) is 0.896. The van der Waals surface area contributed by atoms with Gasteiger partial charge in [-0.1, -0.05) is 18.1 Å². The number of anilines is 1. The Morgan fingerprint density at radius 1 is 1.13 bits per heavy atom. The summed E-state index contributed by atoms with van der Waals surface area (Å²) in [6, 6.07) is 12.9. The van der Waals surface area contributed by atoms with Gasteiger partial charge in [0, 0.05) is 17.4 Å². The van der Waals surface area contributed by atoms with Crippen molar-refractivity contribution in [3.05, 3.63) is 59.9 Å². The molecule has 1 aromatic carbocycles. The van der Waals surface area contributed by atoms with Gasteiger partial charge in [-0.25, -0.2) is 4.98 Å². The maximum absolute atomic E-state index is 12.2. The Morgan fingerprint density at radius 3 is 2.70 bits per heavy atom. The van der Waals surface area contributed by atoms with E-state index >= 15 is 0 Å². The summed E-state index contributed by atoms with van der Waals surface area (Å²) in [5, 5.41) is 13.1. The number of nitrogens with one attached hydrogen (secondary N) is 1. The summed E-state index contributed by atoms with van der Waals surface area (Å²) >= 11 is 0. The van der Waals surface area contributed by atoms with Crippen LogP contribution < -0.4 is 5.32 Å². The predicted molar refractivity (Wildman–Crippen MR) is 88.7 cm³/mol. The molecule has 4 nitrogen and oxygen atoms in total. The molecular formula is C19H18N2O2. The van der Waals surface area contributed by atoms with E-state index < -0.39 is 5.60 Å². The van der Waals surface area contributed by atoms with Crippen LogP contribution >= 0.6 is 0 Å². The number of hydrogen-bond donors (Lipinski definition) is 2. The lowest BCUT2D eigenvalue weighted by molar-refractivity contribution is -0.133. The molecule has 1 heterocycles. The fourth-order valence-corrected chi connectivity index (χ4v) is 2.68. The number of carbonyl (C=O) groups excluding carboxylic acids is 1. The Morgan fingerprint density at radius 2 is 1.96 bits per heavy atom. The van der Waals surface area contributed by atoms with Crippen molar-refractivity contribution in [2.45, 2.75) is 31.3 Å². The average molecular weight is 306 g/mol. The summed E-state index contributed by atoms with van der Waals surface area (Å²) in [7, 11) is 0. The summed E-state index contributed by atoms with van der Waals surface area (Å²) in [5.74, 6) is 5.68. The fourth-order valence-electron chi connectivity index (χ4n) is 2.68. The zero-order chi connectivity index (χ0) is 16.1. The third-order valence-electron chi connectivity index (χ3n) is 3.97. The molecule has 0 aliphatic heterocycles. The van der Waals surface area contributed by atoms with E-state index in [1.165, 1.54) is 0 Å². The maximum atomic E-state index is 12.2. The Kier molecular flexibility index (Phi) is 4.40. The SMILES string of the molecule is O=C(Nc1cccc(C#Cc2ccccn2)c1)C1(O)CCCC1. The van der Waals surface area contributed by atoms with Crippen LogP contribution in [0.4, 0.5) is 5.69 Å². The lowest BCUT2D eigenvalue weighted by Crippen LogP contribution is -2.40. The van der Waals surface area contributed by atoms with Gasteiger partial charge >= 0.3 is 0 Å². The minimum Gasteiger partial charge on any atom is -0.380 e. The molecule has 1 fully saturated rings. The molecule has 116 valence electrons. The standard InChI is InChI=1S/C19H18N2O2/c22-18(19(23)11-2-3-12-19)21-17-8-5-6-15(14-17)9-10-16-7-1-4-13-20-16/h1,4-8,13-14,23H,2-3,11-12H2,(H,21,22). The van der Waals surface area contributed by atoms with Crippen molar-refractivity contribution in [2.75, 3.05) is 5.32 Å². The quantitative estimate of drug-likeness (QED) is 0.839. The van der Waals surface area contributed by atoms with Crippen LogP contribution in [-0.2, 0) is 4.79 Å². The third-order valence-corrected chi connectivity index (χ3v) is 3.97. The highest BCUT2D eigenvalue weighted by Gasteiger charge is 2.38. The van der Waals surface area contributed by atoms with Crippen LogP contribution in [-0.4, -0.2) is 21.6 Å². The van der Waals surface area contributed by atoms with Gasteiger partial charge in [0.2, 0.25) is 0 Å². The van der Waals surface area contributed by atoms with Gasteiger partial charge in [-0.15, -0.1) is 0 Å². The zero-order valence-corrected chi connectivity index (χ0v) is 12.7. The molecule has 23 heavy (non-hydrogen) atoms. The van der Waals surface area contributed by atoms with E-state index in [1.54, 1.807) is 18.3 Å². The number of amides is 1. The monoisotopic (exact) mass is 306 g/mol. The van der Waals surface area contributed by atoms with Gasteiger partial charge in [-0.05, 0) is 61.9 Å². The molecule has 0 unspecified atom stereocenters. The van der Waals surface area contributed by atoms with Gasteiger partial charge < -0.3 is 10.4 Å². The van der Waals surface area contributed by atoms with E-state index in [2.05, 4.69) is 22.1 Å². The Balaban J connectivity index is 1.73. The number of benzene rings is 1. The van der Waals surface area contributed by atoms with Gasteiger partial charge in [0.15, 0.2) is 0 Å². The molecule has 0 atom stereocenters. The van der Waals surface area contributed by atoms with Crippen molar-refractivity contribution in [3.8, 4) is 11.8 Å². The van der Waals surface area contributed by atoms with Crippen molar-refractivity contribution in [2.24, 2.45) is 0 Å². The van der Waals surface area contributed by atoms with Crippen LogP contribution in [0.2, 0.25) is 0 Å². The Labute approximate surface area is 135 Å². The number of rotatable bonds is 2. The number of carbonyl (C=O) groups is 1. The van der Waals surface area contributed by atoms with Gasteiger partial charge in [-0.3, -0.25) is 4.79 Å². The highest BCUT2D eigenvalue weighted by atomic mass is 16.3. The van der Waals surface area contributed by atoms with Gasteiger partial charge in [0.05, 0.1) is 0 Å². The second-order valence-corrected chi connectivity index (χ2v) is 5.74. The lowest BCUT2D eigenvalue weighted by atomic mass is 10.0. The minimum atomic E-state index is -1.23. The van der Waals surface area contributed by atoms with Crippen LogP contribution in [0, 0.1) is 11.8 Å². The third kappa shape index (κ3) is 3.77. The van der Waals surface area contributed by atoms with E-state index in [0.29, 0.717) is 24.2 Å². The molecule has 2 N–H and O–H groups in total. The topological polar surface area (TPSA) is 62.2 Å². The van der Waals surface area contributed by atoms with Crippen molar-refractivity contribution in [1.82, 2.24) is 4.98 Å². The second kappa shape index (κ2) is 6.64. The normalized spacial score (nSPS) is 15.5. The van der Waals surface area contributed by atoms with Crippen LogP contribution in [0.15, 0.2) is 48.7 Å². The number of nitrogens with zero attached hydrogens (tertiary/aromatic N) is 1. The maximum Gasteiger partial charge on any atom is 0.256 e. The number of aromatic nitrogens is 1. The number of pyridine rings is 1. The highest BCUT2D eigenvalue weighted by molar-refractivity contribution is 5.97. The number of aliphatic hydroxyl groups is 1. The van der Waals surface area contributed by atoms with Crippen LogP contribution in [0.25, 0.3) is 0 Å². The van der Waals surface area contributed by atoms with Crippen molar-refractivity contribution < 1.29 is 9.90 Å². The summed E-state index contributed by atoms with van der Waals surface area (Å²) in [4.78, 5) is 16.4. The molecule has 0 bridgehead atoms. The largest absolute Gasteiger partial charge is 0.380 e. The van der Waals surface area contributed by atoms with E-state index in [1.807, 2.05) is 30.3 Å². The van der Waals surface area contributed by atoms with E-state index in [0.717, 1.165) is 18.4 Å². The van der Waals surface area contributed by atoms with Gasteiger partial charge in [-0.2, -0.15) is 0 Å². The number of hydrogen-bond acceptors (Lipinski definition) is 3. The van der Waals surface area contributed by atoms with Crippen LogP contribution in [0.1, 0.15) is 36.9 Å². The molecule has 1 aliphatic carbocycles. The molecule has 2 aromatic rings. The van der Waals surface area contributed by atoms with Crippen molar-refractivity contribution in [3.63, 3.8) is 0 Å². The Hall–Kier alpha value is -2.64. The van der Waals surface area contributed by atoms with Crippen LogP contribution in [0.3, 0.4) is 0 Å². The molecule has 0 saturated heterocycles. The van der Waals surface area contributed by atoms with Crippen LogP contribution in [0.5, 0.6) is 0 Å². The molecule has 1 aliphatic rings. The summed E-state index contributed by atoms with van der Waals surface area (Å²) in [6.45, 7) is 0. The molecule has 4 heteroatoms. The first kappa shape index (κ1) is 15.3. The first-order chi connectivity index (χ1) is 11.2. The molecule has 0 spiro atoms. The molecule has 1 aromatic heterocycles. The first-order valence-electron chi connectivity index (χ1n) is 7.73. The van der Waals surface area contributed by atoms with Crippen molar-refractivity contribution >= 4 is 11.6 Å². The highest BCUT2D eigenvalue weighted by Crippen LogP contribution is 2.30. The molecule has 1 saturated carbocycles. The second-order valence-electron chi connectivity index (χ2n) is 5.74. The molecule has 1 amide bonds. The lowest BCUT2D eigenvalue weighted by Gasteiger charge is -2.20. The predicted octanol–water partition coefficient (Wildman–Crippen LogP) is 2.73. The van der Waals surface area contributed by atoms with Crippen molar-refractivity contribution in [1.29, 1.82) is 0 Å². The first-order valence-corrected chi connectivity index (χ1v) is 7.73. The fraction of sp³-hybridized carbons (Fsp3) is 0.263. The average Bonchev–Trinajstić information content (AvgIpc) is 3.02. The van der Waals surface area contributed by atoms with Gasteiger partial charge in [0.25, 0.3) is 5.91 Å². The summed E-state index contributed by atoms with van der Waals surface area (Å²) < 4.78 is 0. The molecular weight excluding hydrogens is 288 g/mol.